The molecule has 1 amide bonds. The minimum absolute atomic E-state index is 0.0439. The Bertz CT molecular complexity index is 449. The minimum Gasteiger partial charge on any atom is -0.481 e. The molecule has 7 nitrogen and oxygen atoms in total. The van der Waals surface area contributed by atoms with Crippen molar-refractivity contribution in [1.82, 2.24) is 10.6 Å². The zero-order chi connectivity index (χ0) is 15.2. The SMILES string of the molecule is CCCC(CNC(=O)CC1CS(=O)(=O)CCN1)C(=O)O. The van der Waals surface area contributed by atoms with Gasteiger partial charge in [-0.15, -0.1) is 0 Å². The molecule has 0 bridgehead atoms. The normalized spacial score (nSPS) is 22.9. The Morgan fingerprint density at radius 1 is 1.45 bits per heavy atom. The molecule has 2 atom stereocenters. The third-order valence-electron chi connectivity index (χ3n) is 3.27. The average molecular weight is 306 g/mol. The Labute approximate surface area is 119 Å². The Hall–Kier alpha value is -1.15. The van der Waals surface area contributed by atoms with Crippen molar-refractivity contribution in [1.29, 1.82) is 0 Å². The summed E-state index contributed by atoms with van der Waals surface area (Å²) in [6, 6.07) is -0.386. The molecule has 0 aromatic carbocycles. The molecule has 0 spiro atoms. The lowest BCUT2D eigenvalue weighted by molar-refractivity contribution is -0.141. The summed E-state index contributed by atoms with van der Waals surface area (Å²) in [4.78, 5) is 22.6. The van der Waals surface area contributed by atoms with E-state index in [0.717, 1.165) is 6.42 Å². The molecule has 1 aliphatic rings. The highest BCUT2D eigenvalue weighted by atomic mass is 32.2. The van der Waals surface area contributed by atoms with Crippen LogP contribution >= 0.6 is 0 Å². The molecule has 1 saturated heterocycles. The van der Waals surface area contributed by atoms with Crippen LogP contribution in [0.1, 0.15) is 26.2 Å². The van der Waals surface area contributed by atoms with Crippen LogP contribution in [0.5, 0.6) is 0 Å². The van der Waals surface area contributed by atoms with Crippen molar-refractivity contribution in [2.75, 3.05) is 24.6 Å². The Balaban J connectivity index is 2.38. The Kier molecular flexibility index (Phi) is 6.41. The van der Waals surface area contributed by atoms with Gasteiger partial charge in [0, 0.05) is 25.6 Å². The molecule has 116 valence electrons. The number of sulfone groups is 1. The van der Waals surface area contributed by atoms with Crippen molar-refractivity contribution >= 4 is 21.7 Å². The fourth-order valence-electron chi connectivity index (χ4n) is 2.19. The molecule has 2 unspecified atom stereocenters. The second kappa shape index (κ2) is 7.58. The first-order chi connectivity index (χ1) is 9.34. The van der Waals surface area contributed by atoms with Crippen molar-refractivity contribution in [3.05, 3.63) is 0 Å². The molecule has 1 aliphatic heterocycles. The third-order valence-corrected chi connectivity index (χ3v) is 5.00. The van der Waals surface area contributed by atoms with Gasteiger partial charge in [-0.05, 0) is 6.42 Å². The largest absolute Gasteiger partial charge is 0.481 e. The quantitative estimate of drug-likeness (QED) is 0.578. The van der Waals surface area contributed by atoms with Crippen molar-refractivity contribution < 1.29 is 23.1 Å². The van der Waals surface area contributed by atoms with Crippen LogP contribution in [0.2, 0.25) is 0 Å². The number of aliphatic carboxylic acids is 1. The van der Waals surface area contributed by atoms with Gasteiger partial charge in [-0.1, -0.05) is 13.3 Å². The van der Waals surface area contributed by atoms with Crippen LogP contribution in [0.25, 0.3) is 0 Å². The smallest absolute Gasteiger partial charge is 0.308 e. The summed E-state index contributed by atoms with van der Waals surface area (Å²) < 4.78 is 22.9. The zero-order valence-corrected chi connectivity index (χ0v) is 12.4. The molecule has 20 heavy (non-hydrogen) atoms. The second-order valence-corrected chi connectivity index (χ2v) is 7.33. The predicted molar refractivity (Wildman–Crippen MR) is 74.1 cm³/mol. The van der Waals surface area contributed by atoms with E-state index in [0.29, 0.717) is 13.0 Å². The van der Waals surface area contributed by atoms with Crippen LogP contribution in [0.15, 0.2) is 0 Å². The molecular formula is C12H22N2O5S. The molecule has 1 fully saturated rings. The number of rotatable bonds is 7. The summed E-state index contributed by atoms with van der Waals surface area (Å²) in [5.41, 5.74) is 0. The topological polar surface area (TPSA) is 113 Å². The van der Waals surface area contributed by atoms with Gasteiger partial charge >= 0.3 is 5.97 Å². The van der Waals surface area contributed by atoms with E-state index < -0.39 is 21.7 Å². The number of carboxylic acid groups (broad SMARTS) is 1. The number of hydrogen-bond donors (Lipinski definition) is 3. The second-order valence-electron chi connectivity index (χ2n) is 5.10. The number of carbonyl (C=O) groups is 2. The highest BCUT2D eigenvalue weighted by molar-refractivity contribution is 7.91. The number of nitrogens with one attached hydrogen (secondary N) is 2. The van der Waals surface area contributed by atoms with E-state index in [1.54, 1.807) is 0 Å². The first-order valence-electron chi connectivity index (χ1n) is 6.77. The predicted octanol–water partition coefficient (Wildman–Crippen LogP) is -0.620. The van der Waals surface area contributed by atoms with E-state index in [-0.39, 0.29) is 36.4 Å². The lowest BCUT2D eigenvalue weighted by Crippen LogP contribution is -2.47. The van der Waals surface area contributed by atoms with Crippen molar-refractivity contribution in [3.63, 3.8) is 0 Å². The van der Waals surface area contributed by atoms with Crippen LogP contribution in [-0.2, 0) is 19.4 Å². The zero-order valence-electron chi connectivity index (χ0n) is 11.6. The summed E-state index contributed by atoms with van der Waals surface area (Å²) in [5.74, 6) is -1.78. The fourth-order valence-corrected chi connectivity index (χ4v) is 3.64. The summed E-state index contributed by atoms with van der Waals surface area (Å²) in [5, 5.41) is 14.5. The summed E-state index contributed by atoms with van der Waals surface area (Å²) >= 11 is 0. The van der Waals surface area contributed by atoms with Crippen LogP contribution < -0.4 is 10.6 Å². The standard InChI is InChI=1S/C12H22N2O5S/c1-2-3-9(12(16)17)7-14-11(15)6-10-8-20(18,19)5-4-13-10/h9-10,13H,2-8H2,1H3,(H,14,15)(H,16,17). The monoisotopic (exact) mass is 306 g/mol. The van der Waals surface area contributed by atoms with E-state index in [2.05, 4.69) is 10.6 Å². The lowest BCUT2D eigenvalue weighted by Gasteiger charge is -2.23. The maximum atomic E-state index is 11.7. The van der Waals surface area contributed by atoms with Gasteiger partial charge in [0.05, 0.1) is 17.4 Å². The fraction of sp³-hybridized carbons (Fsp3) is 0.833. The number of hydrogen-bond acceptors (Lipinski definition) is 5. The van der Waals surface area contributed by atoms with Crippen molar-refractivity contribution in [2.45, 2.75) is 32.2 Å². The molecule has 3 N–H and O–H groups in total. The van der Waals surface area contributed by atoms with E-state index in [4.69, 9.17) is 5.11 Å². The van der Waals surface area contributed by atoms with E-state index in [1.165, 1.54) is 0 Å². The molecule has 1 rings (SSSR count). The summed E-state index contributed by atoms with van der Waals surface area (Å²) in [6.07, 6.45) is 1.29. The molecule has 8 heteroatoms. The van der Waals surface area contributed by atoms with Gasteiger partial charge in [-0.3, -0.25) is 9.59 Å². The summed E-state index contributed by atoms with van der Waals surface area (Å²) in [6.45, 7) is 2.32. The highest BCUT2D eigenvalue weighted by Crippen LogP contribution is 2.07. The molecular weight excluding hydrogens is 284 g/mol. The summed E-state index contributed by atoms with van der Waals surface area (Å²) in [7, 11) is -3.07. The molecule has 1 heterocycles. The van der Waals surface area contributed by atoms with Gasteiger partial charge < -0.3 is 15.7 Å². The van der Waals surface area contributed by atoms with Crippen molar-refractivity contribution in [3.8, 4) is 0 Å². The average Bonchev–Trinajstić information content (AvgIpc) is 2.32. The minimum atomic E-state index is -3.07. The molecule has 0 aliphatic carbocycles. The van der Waals surface area contributed by atoms with Crippen molar-refractivity contribution in [2.24, 2.45) is 5.92 Å². The van der Waals surface area contributed by atoms with Crippen LogP contribution in [-0.4, -0.2) is 56.0 Å². The lowest BCUT2D eigenvalue weighted by atomic mass is 10.0. The van der Waals surface area contributed by atoms with Crippen LogP contribution in [0.4, 0.5) is 0 Å². The van der Waals surface area contributed by atoms with Gasteiger partial charge in [-0.25, -0.2) is 8.42 Å². The Morgan fingerprint density at radius 3 is 2.70 bits per heavy atom. The first-order valence-corrected chi connectivity index (χ1v) is 8.59. The van der Waals surface area contributed by atoms with E-state index in [1.807, 2.05) is 6.92 Å². The van der Waals surface area contributed by atoms with E-state index in [9.17, 15) is 18.0 Å². The number of carbonyl (C=O) groups excluding carboxylic acids is 1. The maximum absolute atomic E-state index is 11.7. The van der Waals surface area contributed by atoms with Crippen LogP contribution in [0, 0.1) is 5.92 Å². The van der Waals surface area contributed by atoms with Gasteiger partial charge in [-0.2, -0.15) is 0 Å². The molecule has 0 radical (unpaired) electrons. The van der Waals surface area contributed by atoms with E-state index >= 15 is 0 Å². The maximum Gasteiger partial charge on any atom is 0.308 e. The third kappa shape index (κ3) is 5.87. The number of carboxylic acids is 1. The molecule has 0 aromatic heterocycles. The van der Waals surface area contributed by atoms with Gasteiger partial charge in [0.15, 0.2) is 9.84 Å². The van der Waals surface area contributed by atoms with Crippen LogP contribution in [0.3, 0.4) is 0 Å². The number of amides is 1. The van der Waals surface area contributed by atoms with Gasteiger partial charge in [0.25, 0.3) is 0 Å². The molecule has 0 aromatic rings. The highest BCUT2D eigenvalue weighted by Gasteiger charge is 2.26. The van der Waals surface area contributed by atoms with Gasteiger partial charge in [0.1, 0.15) is 0 Å². The Morgan fingerprint density at radius 2 is 2.15 bits per heavy atom. The van der Waals surface area contributed by atoms with Gasteiger partial charge in [0.2, 0.25) is 5.91 Å². The molecule has 0 saturated carbocycles. The first kappa shape index (κ1) is 16.9.